The first-order chi connectivity index (χ1) is 10.6. The predicted molar refractivity (Wildman–Crippen MR) is 79.3 cm³/mol. The highest BCUT2D eigenvalue weighted by Crippen LogP contribution is 2.32. The SMILES string of the molecule is O=C(O)c1ccc(-n2ccnc2-c2ccc(O)cc2O)cc1. The van der Waals surface area contributed by atoms with Crippen LogP contribution in [0.25, 0.3) is 17.1 Å². The Labute approximate surface area is 125 Å². The fraction of sp³-hybridized carbons (Fsp3) is 0. The minimum atomic E-state index is -0.992. The summed E-state index contributed by atoms with van der Waals surface area (Å²) in [6, 6.07) is 10.6. The first kappa shape index (κ1) is 13.7. The molecular formula is C16H12N2O4. The zero-order valence-corrected chi connectivity index (χ0v) is 11.3. The van der Waals surface area contributed by atoms with Crippen LogP contribution in [0.3, 0.4) is 0 Å². The average molecular weight is 296 g/mol. The van der Waals surface area contributed by atoms with Crippen LogP contribution in [0, 0.1) is 0 Å². The van der Waals surface area contributed by atoms with E-state index in [1.165, 1.54) is 24.3 Å². The number of nitrogens with zero attached hydrogens (tertiary/aromatic N) is 2. The molecule has 0 fully saturated rings. The molecule has 0 bridgehead atoms. The van der Waals surface area contributed by atoms with Crippen molar-refractivity contribution < 1.29 is 20.1 Å². The van der Waals surface area contributed by atoms with Crippen LogP contribution in [0.2, 0.25) is 0 Å². The van der Waals surface area contributed by atoms with E-state index in [0.29, 0.717) is 17.1 Å². The lowest BCUT2D eigenvalue weighted by Gasteiger charge is -2.10. The van der Waals surface area contributed by atoms with Gasteiger partial charge in [-0.1, -0.05) is 0 Å². The summed E-state index contributed by atoms with van der Waals surface area (Å²) in [7, 11) is 0. The average Bonchev–Trinajstić information content (AvgIpc) is 2.96. The third kappa shape index (κ3) is 2.37. The molecule has 0 aliphatic heterocycles. The maximum absolute atomic E-state index is 10.9. The number of hydrogen-bond acceptors (Lipinski definition) is 4. The quantitative estimate of drug-likeness (QED) is 0.690. The highest BCUT2D eigenvalue weighted by Gasteiger charge is 2.13. The Morgan fingerprint density at radius 2 is 1.77 bits per heavy atom. The summed E-state index contributed by atoms with van der Waals surface area (Å²) in [5.74, 6) is -0.631. The summed E-state index contributed by atoms with van der Waals surface area (Å²) < 4.78 is 1.72. The second-order valence-corrected chi connectivity index (χ2v) is 4.67. The number of aromatic hydroxyl groups is 2. The molecule has 0 amide bonds. The van der Waals surface area contributed by atoms with Gasteiger partial charge in [-0.3, -0.25) is 4.57 Å². The summed E-state index contributed by atoms with van der Waals surface area (Å²) >= 11 is 0. The van der Waals surface area contributed by atoms with Gasteiger partial charge in [0.1, 0.15) is 17.3 Å². The number of carbonyl (C=O) groups is 1. The Bertz CT molecular complexity index is 838. The number of aromatic nitrogens is 2. The van der Waals surface area contributed by atoms with Gasteiger partial charge >= 0.3 is 5.97 Å². The van der Waals surface area contributed by atoms with Gasteiger partial charge in [-0.15, -0.1) is 0 Å². The van der Waals surface area contributed by atoms with Crippen LogP contribution in [-0.4, -0.2) is 30.8 Å². The van der Waals surface area contributed by atoms with Crippen molar-refractivity contribution in [1.29, 1.82) is 0 Å². The third-order valence-electron chi connectivity index (χ3n) is 3.26. The van der Waals surface area contributed by atoms with Crippen LogP contribution < -0.4 is 0 Å². The van der Waals surface area contributed by atoms with Gasteiger partial charge in [-0.05, 0) is 36.4 Å². The lowest BCUT2D eigenvalue weighted by molar-refractivity contribution is 0.0697. The maximum atomic E-state index is 10.9. The highest BCUT2D eigenvalue weighted by atomic mass is 16.4. The van der Waals surface area contributed by atoms with E-state index >= 15 is 0 Å². The topological polar surface area (TPSA) is 95.6 Å². The molecule has 0 aliphatic carbocycles. The molecule has 6 heteroatoms. The molecule has 3 rings (SSSR count). The van der Waals surface area contributed by atoms with Crippen molar-refractivity contribution in [1.82, 2.24) is 9.55 Å². The van der Waals surface area contributed by atoms with Gasteiger partial charge < -0.3 is 15.3 Å². The number of aromatic carboxylic acids is 1. The van der Waals surface area contributed by atoms with E-state index in [2.05, 4.69) is 4.98 Å². The van der Waals surface area contributed by atoms with Gasteiger partial charge in [-0.25, -0.2) is 9.78 Å². The molecule has 0 atom stereocenters. The van der Waals surface area contributed by atoms with Crippen LogP contribution in [0.1, 0.15) is 10.4 Å². The number of carboxylic acids is 1. The molecule has 3 aromatic rings. The molecule has 0 spiro atoms. The Morgan fingerprint density at radius 3 is 2.41 bits per heavy atom. The van der Waals surface area contributed by atoms with Crippen LogP contribution in [-0.2, 0) is 0 Å². The van der Waals surface area contributed by atoms with E-state index in [-0.39, 0.29) is 17.1 Å². The van der Waals surface area contributed by atoms with Gasteiger partial charge in [-0.2, -0.15) is 0 Å². The van der Waals surface area contributed by atoms with Crippen molar-refractivity contribution in [2.45, 2.75) is 0 Å². The number of rotatable bonds is 3. The maximum Gasteiger partial charge on any atom is 0.335 e. The summed E-state index contributed by atoms with van der Waals surface area (Å²) in [6.45, 7) is 0. The fourth-order valence-electron chi connectivity index (χ4n) is 2.18. The molecule has 1 aromatic heterocycles. The minimum Gasteiger partial charge on any atom is -0.508 e. The lowest BCUT2D eigenvalue weighted by atomic mass is 10.1. The highest BCUT2D eigenvalue weighted by molar-refractivity contribution is 5.87. The minimum absolute atomic E-state index is 0.0369. The number of hydrogen-bond donors (Lipinski definition) is 3. The fourth-order valence-corrected chi connectivity index (χ4v) is 2.18. The zero-order valence-electron chi connectivity index (χ0n) is 11.3. The van der Waals surface area contributed by atoms with Gasteiger partial charge in [0.2, 0.25) is 0 Å². The van der Waals surface area contributed by atoms with Crippen LogP contribution in [0.4, 0.5) is 0 Å². The van der Waals surface area contributed by atoms with Crippen molar-refractivity contribution >= 4 is 5.97 Å². The van der Waals surface area contributed by atoms with E-state index in [1.54, 1.807) is 35.2 Å². The molecule has 6 nitrogen and oxygen atoms in total. The van der Waals surface area contributed by atoms with Crippen molar-refractivity contribution in [2.75, 3.05) is 0 Å². The van der Waals surface area contributed by atoms with E-state index in [1.807, 2.05) is 0 Å². The van der Waals surface area contributed by atoms with Crippen LogP contribution >= 0.6 is 0 Å². The molecule has 0 unspecified atom stereocenters. The summed E-state index contributed by atoms with van der Waals surface area (Å²) in [6.07, 6.45) is 3.28. The number of phenolic OH excluding ortho intramolecular Hbond substituents is 2. The van der Waals surface area contributed by atoms with E-state index in [4.69, 9.17) is 5.11 Å². The predicted octanol–water partition coefficient (Wildman–Crippen LogP) is 2.65. The summed E-state index contributed by atoms with van der Waals surface area (Å²) in [4.78, 5) is 15.1. The monoisotopic (exact) mass is 296 g/mol. The van der Waals surface area contributed by atoms with Crippen molar-refractivity contribution in [3.63, 3.8) is 0 Å². The number of benzene rings is 2. The standard InChI is InChI=1S/C16H12N2O4/c19-12-5-6-13(14(20)9-12)15-17-7-8-18(15)11-3-1-10(2-4-11)16(21)22/h1-9,19-20H,(H,21,22). The Morgan fingerprint density at radius 1 is 1.05 bits per heavy atom. The second-order valence-electron chi connectivity index (χ2n) is 4.67. The molecule has 0 aliphatic rings. The van der Waals surface area contributed by atoms with E-state index < -0.39 is 5.97 Å². The van der Waals surface area contributed by atoms with Crippen LogP contribution in [0.5, 0.6) is 11.5 Å². The molecule has 3 N–H and O–H groups in total. The normalized spacial score (nSPS) is 10.5. The zero-order chi connectivity index (χ0) is 15.7. The first-order valence-electron chi connectivity index (χ1n) is 6.45. The van der Waals surface area contributed by atoms with E-state index in [9.17, 15) is 15.0 Å². The number of imidazole rings is 1. The molecule has 0 saturated carbocycles. The second kappa shape index (κ2) is 5.25. The summed E-state index contributed by atoms with van der Waals surface area (Å²) in [5, 5.41) is 28.2. The number of carboxylic acid groups (broad SMARTS) is 1. The van der Waals surface area contributed by atoms with Crippen molar-refractivity contribution in [3.05, 3.63) is 60.4 Å². The van der Waals surface area contributed by atoms with Crippen molar-refractivity contribution in [3.8, 4) is 28.6 Å². The molecule has 1 heterocycles. The smallest absolute Gasteiger partial charge is 0.335 e. The molecule has 22 heavy (non-hydrogen) atoms. The lowest BCUT2D eigenvalue weighted by Crippen LogP contribution is -1.99. The van der Waals surface area contributed by atoms with Gasteiger partial charge in [0.25, 0.3) is 0 Å². The van der Waals surface area contributed by atoms with Crippen LogP contribution in [0.15, 0.2) is 54.9 Å². The Balaban J connectivity index is 2.07. The summed E-state index contributed by atoms with van der Waals surface area (Å²) in [5.41, 5.74) is 1.37. The van der Waals surface area contributed by atoms with Crippen molar-refractivity contribution in [2.24, 2.45) is 0 Å². The third-order valence-corrected chi connectivity index (χ3v) is 3.26. The van der Waals surface area contributed by atoms with Gasteiger partial charge in [0, 0.05) is 24.1 Å². The molecule has 2 aromatic carbocycles. The van der Waals surface area contributed by atoms with E-state index in [0.717, 1.165) is 0 Å². The molecular weight excluding hydrogens is 284 g/mol. The van der Waals surface area contributed by atoms with Gasteiger partial charge in [0.05, 0.1) is 11.1 Å². The largest absolute Gasteiger partial charge is 0.508 e. The Kier molecular flexibility index (Phi) is 3.27. The first-order valence-corrected chi connectivity index (χ1v) is 6.45. The molecule has 0 radical (unpaired) electrons. The van der Waals surface area contributed by atoms with Gasteiger partial charge in [0.15, 0.2) is 0 Å². The Hall–Kier alpha value is -3.28. The molecule has 110 valence electrons. The molecule has 0 saturated heterocycles. The number of phenols is 2.